The first-order chi connectivity index (χ1) is 11.5. The van der Waals surface area contributed by atoms with E-state index in [4.69, 9.17) is 25.3 Å². The Morgan fingerprint density at radius 2 is 1.58 bits per heavy atom. The second kappa shape index (κ2) is 12.5. The van der Waals surface area contributed by atoms with E-state index in [1.165, 1.54) is 81.8 Å². The largest absolute Gasteiger partial charge is 0.157 e. The second-order valence-electron chi connectivity index (χ2n) is 7.80. The average molecular weight is 369 g/mol. The summed E-state index contributed by atoms with van der Waals surface area (Å²) in [5.41, 5.74) is 2.77. The van der Waals surface area contributed by atoms with Gasteiger partial charge < -0.3 is 0 Å². The van der Waals surface area contributed by atoms with Crippen LogP contribution in [0.2, 0.25) is 0 Å². The Kier molecular flexibility index (Phi) is 11.6. The maximum atomic E-state index is 4.88. The van der Waals surface area contributed by atoms with E-state index in [0.717, 1.165) is 19.3 Å². The highest BCUT2D eigenvalue weighted by molar-refractivity contribution is 8.01. The van der Waals surface area contributed by atoms with E-state index in [9.17, 15) is 0 Å². The molecule has 1 unspecified atom stereocenters. The zero-order valence-corrected chi connectivity index (χ0v) is 17.9. The highest BCUT2D eigenvalue weighted by Crippen LogP contribution is 2.41. The molecule has 0 N–H and O–H groups in total. The predicted octanol–water partition coefficient (Wildman–Crippen LogP) is 8.16. The molecule has 0 amide bonds. The van der Waals surface area contributed by atoms with Crippen LogP contribution in [-0.2, 0) is 0 Å². The molecule has 0 heterocycles. The summed E-state index contributed by atoms with van der Waals surface area (Å²) < 4.78 is -0.194. The van der Waals surface area contributed by atoms with Crippen molar-refractivity contribution in [3.8, 4) is 0 Å². The first kappa shape index (κ1) is 22.2. The summed E-state index contributed by atoms with van der Waals surface area (Å²) in [7, 11) is 0. The lowest BCUT2D eigenvalue weighted by atomic mass is 9.83. The minimum Gasteiger partial charge on any atom is -0.157 e. The van der Waals surface area contributed by atoms with E-state index < -0.39 is 0 Å². The zero-order chi connectivity index (χ0) is 17.8. The monoisotopic (exact) mass is 368 g/mol. The van der Waals surface area contributed by atoms with Crippen LogP contribution in [0.1, 0.15) is 104 Å². The molecule has 0 spiro atoms. The summed E-state index contributed by atoms with van der Waals surface area (Å²) in [6.45, 7) is 8.54. The fraction of sp³-hybridized carbons (Fsp3) is 0.818. The van der Waals surface area contributed by atoms with Gasteiger partial charge in [0, 0.05) is 0 Å². The van der Waals surface area contributed by atoms with Crippen molar-refractivity contribution in [1.82, 2.24) is 0 Å². The van der Waals surface area contributed by atoms with Gasteiger partial charge in [0.15, 0.2) is 0 Å². The molecule has 0 aliphatic heterocycles. The molecule has 1 rings (SSSR count). The minimum atomic E-state index is -0.194. The Morgan fingerprint density at radius 1 is 1.04 bits per heavy atom. The number of hydrogen-bond acceptors (Lipinski definition) is 2. The van der Waals surface area contributed by atoms with Crippen LogP contribution in [0.4, 0.5) is 0 Å². The molecule has 1 atom stereocenters. The van der Waals surface area contributed by atoms with Gasteiger partial charge in [-0.05, 0) is 44.1 Å². The molecular weight excluding hydrogens is 328 g/mol. The summed E-state index contributed by atoms with van der Waals surface area (Å²) >= 11 is 9.75. The highest BCUT2D eigenvalue weighted by Gasteiger charge is 2.28. The van der Waals surface area contributed by atoms with Crippen molar-refractivity contribution in [2.45, 2.75) is 108 Å². The van der Waals surface area contributed by atoms with Crippen LogP contribution >= 0.6 is 25.3 Å². The van der Waals surface area contributed by atoms with Gasteiger partial charge in [-0.15, -0.1) is 0 Å². The maximum absolute atomic E-state index is 4.88. The molecule has 0 saturated carbocycles. The van der Waals surface area contributed by atoms with Crippen LogP contribution in [0.15, 0.2) is 23.8 Å². The Hall–Kier alpha value is 0.180. The van der Waals surface area contributed by atoms with Gasteiger partial charge in [-0.1, -0.05) is 89.4 Å². The van der Waals surface area contributed by atoms with Crippen molar-refractivity contribution < 1.29 is 0 Å². The first-order valence-electron chi connectivity index (χ1n) is 10.3. The van der Waals surface area contributed by atoms with E-state index in [0.29, 0.717) is 5.92 Å². The maximum Gasteiger partial charge on any atom is 0.0762 e. The van der Waals surface area contributed by atoms with Crippen LogP contribution < -0.4 is 0 Å². The molecule has 2 heteroatoms. The average Bonchev–Trinajstić information content (AvgIpc) is 2.56. The van der Waals surface area contributed by atoms with Crippen molar-refractivity contribution >= 4 is 25.3 Å². The standard InChI is InChI=1S/C22H40S2/c1-4-5-6-7-8-9-10-11-12-13-18-22(23,24)21-16-14-20(15-17-21)19(2)3/h16,20,23-24H,2,4-15,17-18H2,1,3H3. The van der Waals surface area contributed by atoms with Crippen molar-refractivity contribution in [1.29, 1.82) is 0 Å². The molecule has 0 aromatic heterocycles. The van der Waals surface area contributed by atoms with Crippen molar-refractivity contribution in [2.24, 2.45) is 5.92 Å². The van der Waals surface area contributed by atoms with Crippen molar-refractivity contribution in [3.05, 3.63) is 23.8 Å². The fourth-order valence-corrected chi connectivity index (χ4v) is 4.39. The molecule has 0 aromatic carbocycles. The highest BCUT2D eigenvalue weighted by atomic mass is 32.2. The smallest absolute Gasteiger partial charge is 0.0762 e. The van der Waals surface area contributed by atoms with Gasteiger partial charge in [0.1, 0.15) is 0 Å². The first-order valence-corrected chi connectivity index (χ1v) is 11.2. The molecule has 140 valence electrons. The number of rotatable bonds is 13. The molecule has 0 aromatic rings. The summed E-state index contributed by atoms with van der Waals surface area (Å²) in [6, 6.07) is 0. The van der Waals surface area contributed by atoms with Gasteiger partial charge in [-0.2, -0.15) is 25.3 Å². The third-order valence-electron chi connectivity index (χ3n) is 5.50. The van der Waals surface area contributed by atoms with Gasteiger partial charge in [-0.25, -0.2) is 0 Å². The molecule has 0 nitrogen and oxygen atoms in total. The quantitative estimate of drug-likeness (QED) is 0.139. The molecule has 0 fully saturated rings. The van der Waals surface area contributed by atoms with Gasteiger partial charge >= 0.3 is 0 Å². The third-order valence-corrected chi connectivity index (χ3v) is 6.52. The number of unbranched alkanes of at least 4 members (excludes halogenated alkanes) is 9. The second-order valence-corrected chi connectivity index (χ2v) is 9.68. The van der Waals surface area contributed by atoms with E-state index in [1.54, 1.807) is 0 Å². The van der Waals surface area contributed by atoms with E-state index >= 15 is 0 Å². The van der Waals surface area contributed by atoms with Gasteiger partial charge in [-0.3, -0.25) is 0 Å². The lowest BCUT2D eigenvalue weighted by molar-refractivity contribution is 0.515. The van der Waals surface area contributed by atoms with Crippen molar-refractivity contribution in [3.63, 3.8) is 0 Å². The summed E-state index contributed by atoms with van der Waals surface area (Å²) in [5.74, 6) is 0.670. The topological polar surface area (TPSA) is 0 Å². The SMILES string of the molecule is C=C(C)C1CC=C(C(S)(S)CCCCCCCCCCCC)CC1. The van der Waals surface area contributed by atoms with Crippen LogP contribution in [-0.4, -0.2) is 4.08 Å². The Balaban J connectivity index is 2.10. The zero-order valence-electron chi connectivity index (χ0n) is 16.2. The molecule has 24 heavy (non-hydrogen) atoms. The Labute approximate surface area is 162 Å². The van der Waals surface area contributed by atoms with Gasteiger partial charge in [0.05, 0.1) is 4.08 Å². The normalized spacial score (nSPS) is 18.5. The number of allylic oxidation sites excluding steroid dienone is 2. The van der Waals surface area contributed by atoms with Crippen LogP contribution in [0.25, 0.3) is 0 Å². The van der Waals surface area contributed by atoms with Crippen molar-refractivity contribution in [2.75, 3.05) is 0 Å². The molecule has 0 radical (unpaired) electrons. The fourth-order valence-electron chi connectivity index (χ4n) is 3.66. The van der Waals surface area contributed by atoms with Gasteiger partial charge in [0.2, 0.25) is 0 Å². The number of hydrogen-bond donors (Lipinski definition) is 2. The molecule has 1 aliphatic rings. The van der Waals surface area contributed by atoms with Crippen LogP contribution in [0.5, 0.6) is 0 Å². The summed E-state index contributed by atoms with van der Waals surface area (Å²) in [6.07, 6.45) is 20.8. The number of thiol groups is 2. The van der Waals surface area contributed by atoms with E-state index in [2.05, 4.69) is 26.5 Å². The minimum absolute atomic E-state index is 0.194. The van der Waals surface area contributed by atoms with E-state index in [1.807, 2.05) is 0 Å². The van der Waals surface area contributed by atoms with Crippen LogP contribution in [0.3, 0.4) is 0 Å². The van der Waals surface area contributed by atoms with E-state index in [-0.39, 0.29) is 4.08 Å². The van der Waals surface area contributed by atoms with Gasteiger partial charge in [0.25, 0.3) is 0 Å². The summed E-state index contributed by atoms with van der Waals surface area (Å²) in [4.78, 5) is 0. The predicted molar refractivity (Wildman–Crippen MR) is 117 cm³/mol. The van der Waals surface area contributed by atoms with Crippen LogP contribution in [0, 0.1) is 5.92 Å². The summed E-state index contributed by atoms with van der Waals surface area (Å²) in [5, 5.41) is 0. The Bertz CT molecular complexity index is 381. The molecule has 1 aliphatic carbocycles. The molecular formula is C22H40S2. The lowest BCUT2D eigenvalue weighted by Crippen LogP contribution is -2.21. The lowest BCUT2D eigenvalue weighted by Gasteiger charge is -2.31. The molecule has 0 saturated heterocycles. The Morgan fingerprint density at radius 3 is 2.04 bits per heavy atom. The molecule has 0 bridgehead atoms. The third kappa shape index (κ3) is 9.04.